The Balaban J connectivity index is 3.52. The van der Waals surface area contributed by atoms with Crippen LogP contribution in [-0.2, 0) is 12.8 Å². The molecule has 1 heterocycles. The first kappa shape index (κ1) is 16.2. The van der Waals surface area contributed by atoms with Gasteiger partial charge in [-0.15, -0.1) is 5.10 Å². The lowest BCUT2D eigenvalue weighted by Gasteiger charge is -2.27. The van der Waals surface area contributed by atoms with Gasteiger partial charge in [-0.3, -0.25) is 0 Å². The monoisotopic (exact) mass is 281 g/mol. The summed E-state index contributed by atoms with van der Waals surface area (Å²) in [6.45, 7) is 5.81. The van der Waals surface area contributed by atoms with Crippen molar-refractivity contribution in [2.45, 2.75) is 39.7 Å². The Hall–Kier alpha value is -1.89. The van der Waals surface area contributed by atoms with Crippen molar-refractivity contribution < 1.29 is 10.3 Å². The summed E-state index contributed by atoms with van der Waals surface area (Å²) < 4.78 is 0. The minimum atomic E-state index is -0.147. The average molecular weight is 281 g/mol. The molecule has 1 aromatic rings. The molecule has 0 fully saturated rings. The molecule has 20 heavy (non-hydrogen) atoms. The Morgan fingerprint density at radius 3 is 2.45 bits per heavy atom. The van der Waals surface area contributed by atoms with Gasteiger partial charge in [-0.25, -0.2) is 0 Å². The predicted octanol–water partition coefficient (Wildman–Crippen LogP) is 0.513. The first-order valence-electron chi connectivity index (χ1n) is 6.71. The van der Waals surface area contributed by atoms with E-state index in [9.17, 15) is 5.11 Å². The molecule has 4 N–H and O–H groups in total. The fourth-order valence-corrected chi connectivity index (χ4v) is 2.06. The van der Waals surface area contributed by atoms with Gasteiger partial charge >= 0.3 is 0 Å². The molecule has 7 heteroatoms. The Bertz CT molecular complexity index is 490. The van der Waals surface area contributed by atoms with E-state index in [1.807, 2.05) is 20.8 Å². The van der Waals surface area contributed by atoms with Crippen LogP contribution in [-0.4, -0.2) is 46.0 Å². The van der Waals surface area contributed by atoms with Gasteiger partial charge in [0.25, 0.3) is 0 Å². The smallest absolute Gasteiger partial charge is 0.174 e. The zero-order chi connectivity index (χ0) is 15.3. The molecular weight excluding hydrogens is 258 g/mol. The van der Waals surface area contributed by atoms with Crippen LogP contribution >= 0.6 is 0 Å². The number of anilines is 1. The van der Waals surface area contributed by atoms with Crippen molar-refractivity contribution >= 4 is 11.7 Å². The predicted molar refractivity (Wildman–Crippen MR) is 78.2 cm³/mol. The van der Waals surface area contributed by atoms with Crippen LogP contribution < -0.4 is 10.6 Å². The van der Waals surface area contributed by atoms with Crippen LogP contribution in [0.4, 0.5) is 5.82 Å². The number of nitrogens with two attached hydrogens (primary N) is 1. The molecule has 1 atom stereocenters. The molecule has 0 aliphatic heterocycles. The van der Waals surface area contributed by atoms with Gasteiger partial charge in [0.2, 0.25) is 0 Å². The van der Waals surface area contributed by atoms with Gasteiger partial charge in [-0.2, -0.15) is 5.10 Å². The Morgan fingerprint density at radius 2 is 2.00 bits per heavy atom. The van der Waals surface area contributed by atoms with Crippen LogP contribution in [0.25, 0.3) is 0 Å². The lowest BCUT2D eigenvalue weighted by Crippen LogP contribution is -2.35. The van der Waals surface area contributed by atoms with Gasteiger partial charge in [0, 0.05) is 7.05 Å². The second-order valence-electron chi connectivity index (χ2n) is 4.66. The fraction of sp³-hybridized carbons (Fsp3) is 0.615. The molecule has 1 aromatic heterocycles. The minimum Gasteiger partial charge on any atom is -0.409 e. The average Bonchev–Trinajstić information content (AvgIpc) is 2.50. The van der Waals surface area contributed by atoms with Crippen molar-refractivity contribution in [3.8, 4) is 0 Å². The molecule has 0 saturated carbocycles. The van der Waals surface area contributed by atoms with Crippen LogP contribution in [0.3, 0.4) is 0 Å². The zero-order valence-corrected chi connectivity index (χ0v) is 12.5. The third-order valence-corrected chi connectivity index (χ3v) is 3.45. The van der Waals surface area contributed by atoms with Gasteiger partial charge in [0.05, 0.1) is 23.9 Å². The number of aliphatic hydroxyl groups is 1. The van der Waals surface area contributed by atoms with Crippen LogP contribution in [0.5, 0.6) is 0 Å². The molecule has 0 radical (unpaired) electrons. The molecule has 0 aliphatic carbocycles. The quantitative estimate of drug-likeness (QED) is 0.303. The second kappa shape index (κ2) is 7.04. The lowest BCUT2D eigenvalue weighted by atomic mass is 10.0. The number of rotatable bonds is 6. The van der Waals surface area contributed by atoms with Crippen LogP contribution in [0.15, 0.2) is 5.16 Å². The normalized spacial score (nSPS) is 13.3. The van der Waals surface area contributed by atoms with E-state index in [0.29, 0.717) is 17.8 Å². The highest BCUT2D eigenvalue weighted by atomic mass is 16.4. The summed E-state index contributed by atoms with van der Waals surface area (Å²) in [6, 6.07) is -0.147. The summed E-state index contributed by atoms with van der Waals surface area (Å²) in [5.41, 5.74) is 8.16. The van der Waals surface area contributed by atoms with Crippen LogP contribution in [0, 0.1) is 0 Å². The SMILES string of the molecule is CCc1nnc(N(C)C(C)CO)c(C(N)=NO)c1CC. The molecule has 112 valence electrons. The highest BCUT2D eigenvalue weighted by molar-refractivity contribution is 6.03. The first-order valence-corrected chi connectivity index (χ1v) is 6.71. The number of aliphatic hydroxyl groups excluding tert-OH is 1. The Kier molecular flexibility index (Phi) is 5.69. The topological polar surface area (TPSA) is 108 Å². The number of amidine groups is 1. The van der Waals surface area contributed by atoms with Crippen molar-refractivity contribution in [1.82, 2.24) is 10.2 Å². The van der Waals surface area contributed by atoms with Gasteiger partial charge in [0.15, 0.2) is 11.7 Å². The highest BCUT2D eigenvalue weighted by Crippen LogP contribution is 2.24. The number of aryl methyl sites for hydroxylation is 1. The number of aromatic nitrogens is 2. The zero-order valence-electron chi connectivity index (χ0n) is 12.5. The van der Waals surface area contributed by atoms with E-state index in [0.717, 1.165) is 17.7 Å². The van der Waals surface area contributed by atoms with Crippen molar-refractivity contribution in [3.05, 3.63) is 16.8 Å². The molecular formula is C13H23N5O2. The maximum atomic E-state index is 9.28. The molecule has 1 rings (SSSR count). The van der Waals surface area contributed by atoms with Gasteiger partial charge in [-0.1, -0.05) is 19.0 Å². The maximum Gasteiger partial charge on any atom is 0.174 e. The van der Waals surface area contributed by atoms with Crippen LogP contribution in [0.2, 0.25) is 0 Å². The number of likely N-dealkylation sites (N-methyl/N-ethyl adjacent to an activating group) is 1. The lowest BCUT2D eigenvalue weighted by molar-refractivity contribution is 0.269. The molecule has 0 amide bonds. The second-order valence-corrected chi connectivity index (χ2v) is 4.66. The van der Waals surface area contributed by atoms with E-state index in [2.05, 4.69) is 15.4 Å². The summed E-state index contributed by atoms with van der Waals surface area (Å²) in [4.78, 5) is 1.78. The first-order chi connectivity index (χ1) is 9.51. The largest absolute Gasteiger partial charge is 0.409 e. The number of hydrogen-bond acceptors (Lipinski definition) is 6. The fourth-order valence-electron chi connectivity index (χ4n) is 2.06. The van der Waals surface area contributed by atoms with Gasteiger partial charge in [-0.05, 0) is 25.3 Å². The maximum absolute atomic E-state index is 9.28. The number of oxime groups is 1. The summed E-state index contributed by atoms with van der Waals surface area (Å²) in [5, 5.41) is 29.8. The highest BCUT2D eigenvalue weighted by Gasteiger charge is 2.22. The van der Waals surface area contributed by atoms with Crippen LogP contribution in [0.1, 0.15) is 37.6 Å². The van der Waals surface area contributed by atoms with Crippen molar-refractivity contribution in [2.24, 2.45) is 10.9 Å². The van der Waals surface area contributed by atoms with Crippen molar-refractivity contribution in [3.63, 3.8) is 0 Å². The van der Waals surface area contributed by atoms with E-state index in [4.69, 9.17) is 10.9 Å². The summed E-state index contributed by atoms with van der Waals surface area (Å²) >= 11 is 0. The van der Waals surface area contributed by atoms with E-state index >= 15 is 0 Å². The standard InChI is InChI=1S/C13H23N5O2/c1-5-9-10(6-2)15-16-13(11(9)12(14)17-20)18(4)8(3)7-19/h8,19-20H,5-7H2,1-4H3,(H2,14,17). The van der Waals surface area contributed by atoms with E-state index in [-0.39, 0.29) is 18.5 Å². The van der Waals surface area contributed by atoms with E-state index < -0.39 is 0 Å². The third kappa shape index (κ3) is 2.98. The molecule has 7 nitrogen and oxygen atoms in total. The number of nitrogens with zero attached hydrogens (tertiary/aromatic N) is 4. The van der Waals surface area contributed by atoms with Crippen molar-refractivity contribution in [1.29, 1.82) is 0 Å². The summed E-state index contributed by atoms with van der Waals surface area (Å²) in [7, 11) is 1.80. The molecule has 0 bridgehead atoms. The van der Waals surface area contributed by atoms with Gasteiger partial charge in [0.1, 0.15) is 0 Å². The number of hydrogen-bond donors (Lipinski definition) is 3. The molecule has 0 aliphatic rings. The molecule has 0 spiro atoms. The van der Waals surface area contributed by atoms with Crippen molar-refractivity contribution in [2.75, 3.05) is 18.6 Å². The van der Waals surface area contributed by atoms with E-state index in [1.165, 1.54) is 0 Å². The molecule has 1 unspecified atom stereocenters. The van der Waals surface area contributed by atoms with Gasteiger partial charge < -0.3 is 20.9 Å². The van der Waals surface area contributed by atoms with E-state index in [1.54, 1.807) is 11.9 Å². The Morgan fingerprint density at radius 1 is 1.35 bits per heavy atom. The molecule has 0 aromatic carbocycles. The Labute approximate surface area is 119 Å². The third-order valence-electron chi connectivity index (χ3n) is 3.45. The summed E-state index contributed by atoms with van der Waals surface area (Å²) in [6.07, 6.45) is 1.43. The molecule has 0 saturated heterocycles. The summed E-state index contributed by atoms with van der Waals surface area (Å²) in [5.74, 6) is 0.523. The minimum absolute atomic E-state index is 0.0124.